The Kier molecular flexibility index (Phi) is 4.57. The third-order valence-corrected chi connectivity index (χ3v) is 3.87. The molecule has 0 fully saturated rings. The number of aromatic nitrogens is 2. The third-order valence-electron chi connectivity index (χ3n) is 3.87. The fourth-order valence-corrected chi connectivity index (χ4v) is 2.71. The highest BCUT2D eigenvalue weighted by atomic mass is 16.5. The lowest BCUT2D eigenvalue weighted by Gasteiger charge is -2.34. The van der Waals surface area contributed by atoms with Gasteiger partial charge in [0.25, 0.3) is 5.89 Å². The second-order valence-electron chi connectivity index (χ2n) is 5.58. The molecule has 1 amide bonds. The minimum absolute atomic E-state index is 0.00868. The molecule has 0 radical (unpaired) electrons. The number of carboxylic acid groups (broad SMARTS) is 1. The number of nitrogens with zero attached hydrogens (tertiary/aromatic N) is 3. The van der Waals surface area contributed by atoms with Gasteiger partial charge in [-0.05, 0) is 18.1 Å². The highest BCUT2D eigenvalue weighted by molar-refractivity contribution is 5.85. The van der Waals surface area contributed by atoms with E-state index in [4.69, 9.17) is 9.26 Å². The van der Waals surface area contributed by atoms with E-state index in [0.717, 1.165) is 11.1 Å². The van der Waals surface area contributed by atoms with Gasteiger partial charge in [-0.2, -0.15) is 4.98 Å². The summed E-state index contributed by atoms with van der Waals surface area (Å²) < 4.78 is 10.2. The number of carbonyl (C=O) groups is 2. The number of aliphatic carboxylic acids is 1. The summed E-state index contributed by atoms with van der Waals surface area (Å²) in [7, 11) is 0. The molecule has 0 spiro atoms. The minimum Gasteiger partial charge on any atom is -0.480 e. The fraction of sp³-hybridized carbons (Fsp3) is 0.375. The average molecular weight is 331 g/mol. The Hall–Kier alpha value is -2.74. The summed E-state index contributed by atoms with van der Waals surface area (Å²) in [6.45, 7) is 1.71. The summed E-state index contributed by atoms with van der Waals surface area (Å²) in [6, 6.07) is 6.64. The predicted octanol–water partition coefficient (Wildman–Crippen LogP) is 0.933. The van der Waals surface area contributed by atoms with Gasteiger partial charge in [0.2, 0.25) is 5.91 Å². The quantitative estimate of drug-likeness (QED) is 0.869. The second-order valence-corrected chi connectivity index (χ2v) is 5.58. The Bertz CT molecular complexity index is 758. The van der Waals surface area contributed by atoms with Gasteiger partial charge >= 0.3 is 5.97 Å². The van der Waals surface area contributed by atoms with Crippen molar-refractivity contribution >= 4 is 11.9 Å². The van der Waals surface area contributed by atoms with Gasteiger partial charge in [0.1, 0.15) is 19.3 Å². The van der Waals surface area contributed by atoms with Crippen molar-refractivity contribution in [1.29, 1.82) is 0 Å². The number of aryl methyl sites for hydroxylation is 1. The monoisotopic (exact) mass is 331 g/mol. The average Bonchev–Trinajstić information content (AvgIpc) is 2.98. The molecule has 126 valence electrons. The minimum atomic E-state index is -1.02. The van der Waals surface area contributed by atoms with Gasteiger partial charge in [-0.3, -0.25) is 4.79 Å². The molecule has 8 nitrogen and oxygen atoms in total. The maximum absolute atomic E-state index is 12.4. The lowest BCUT2D eigenvalue weighted by Crippen LogP contribution is -2.49. The summed E-state index contributed by atoms with van der Waals surface area (Å²) in [6.07, 6.45) is 0.292. The van der Waals surface area contributed by atoms with E-state index in [1.165, 1.54) is 4.90 Å². The number of carbonyl (C=O) groups excluding carboxylic acids is 1. The zero-order chi connectivity index (χ0) is 17.1. The van der Waals surface area contributed by atoms with Gasteiger partial charge in [-0.25, -0.2) is 4.79 Å². The van der Waals surface area contributed by atoms with E-state index in [1.807, 2.05) is 24.3 Å². The maximum Gasteiger partial charge on any atom is 0.326 e. The van der Waals surface area contributed by atoms with Crippen LogP contribution < -0.4 is 0 Å². The highest BCUT2D eigenvalue weighted by Gasteiger charge is 2.34. The van der Waals surface area contributed by atoms with Crippen molar-refractivity contribution in [1.82, 2.24) is 15.0 Å². The van der Waals surface area contributed by atoms with E-state index >= 15 is 0 Å². The molecule has 0 bridgehead atoms. The number of hydrogen-bond donors (Lipinski definition) is 1. The molecule has 1 atom stereocenters. The van der Waals surface area contributed by atoms with Crippen LogP contribution in [0.1, 0.15) is 22.8 Å². The molecule has 8 heteroatoms. The zero-order valence-electron chi connectivity index (χ0n) is 13.1. The molecule has 3 rings (SSSR count). The van der Waals surface area contributed by atoms with Gasteiger partial charge in [0, 0.05) is 13.0 Å². The summed E-state index contributed by atoms with van der Waals surface area (Å²) >= 11 is 0. The molecule has 0 saturated carbocycles. The fourth-order valence-electron chi connectivity index (χ4n) is 2.71. The molecule has 1 aliphatic heterocycles. The normalized spacial score (nSPS) is 16.7. The Balaban J connectivity index is 1.64. The van der Waals surface area contributed by atoms with Crippen LogP contribution >= 0.6 is 0 Å². The van der Waals surface area contributed by atoms with Crippen molar-refractivity contribution < 1.29 is 24.0 Å². The highest BCUT2D eigenvalue weighted by Crippen LogP contribution is 2.23. The Morgan fingerprint density at radius 3 is 2.79 bits per heavy atom. The lowest BCUT2D eigenvalue weighted by molar-refractivity contribution is -0.153. The Morgan fingerprint density at radius 2 is 2.12 bits per heavy atom. The summed E-state index contributed by atoms with van der Waals surface area (Å²) in [5.41, 5.74) is 1.91. The van der Waals surface area contributed by atoms with Crippen LogP contribution in [0.5, 0.6) is 0 Å². The SMILES string of the molecule is Cc1noc(COCC(=O)N2Cc3ccccc3CC2C(=O)O)n1. The van der Waals surface area contributed by atoms with Crippen molar-refractivity contribution in [2.24, 2.45) is 0 Å². The van der Waals surface area contributed by atoms with Crippen LogP contribution in [0, 0.1) is 6.92 Å². The van der Waals surface area contributed by atoms with Crippen molar-refractivity contribution in [3.8, 4) is 0 Å². The first-order valence-corrected chi connectivity index (χ1v) is 7.50. The van der Waals surface area contributed by atoms with Gasteiger partial charge in [0.15, 0.2) is 5.82 Å². The van der Waals surface area contributed by atoms with Crippen molar-refractivity contribution in [3.63, 3.8) is 0 Å². The molecule has 1 aromatic heterocycles. The number of rotatable bonds is 5. The third kappa shape index (κ3) is 3.43. The van der Waals surface area contributed by atoms with Crippen molar-refractivity contribution in [3.05, 3.63) is 47.1 Å². The zero-order valence-corrected chi connectivity index (χ0v) is 13.1. The van der Waals surface area contributed by atoms with Gasteiger partial charge in [-0.1, -0.05) is 29.4 Å². The van der Waals surface area contributed by atoms with E-state index in [-0.39, 0.29) is 31.6 Å². The molecule has 1 aromatic carbocycles. The van der Waals surface area contributed by atoms with Crippen LogP contribution in [-0.4, -0.2) is 44.7 Å². The first kappa shape index (κ1) is 16.1. The van der Waals surface area contributed by atoms with E-state index in [2.05, 4.69) is 10.1 Å². The predicted molar refractivity (Wildman–Crippen MR) is 80.8 cm³/mol. The van der Waals surface area contributed by atoms with Gasteiger partial charge < -0.3 is 19.3 Å². The molecule has 1 N–H and O–H groups in total. The largest absolute Gasteiger partial charge is 0.480 e. The summed E-state index contributed by atoms with van der Waals surface area (Å²) in [5.74, 6) is -0.643. The lowest BCUT2D eigenvalue weighted by atomic mass is 9.94. The Morgan fingerprint density at radius 1 is 1.38 bits per heavy atom. The molecule has 0 saturated heterocycles. The topological polar surface area (TPSA) is 106 Å². The first-order chi connectivity index (χ1) is 11.5. The smallest absolute Gasteiger partial charge is 0.326 e. The molecule has 2 aromatic rings. The van der Waals surface area contributed by atoms with E-state index in [9.17, 15) is 14.7 Å². The Labute approximate surface area is 138 Å². The molecule has 0 aliphatic carbocycles. The number of benzene rings is 1. The number of hydrogen-bond acceptors (Lipinski definition) is 6. The van der Waals surface area contributed by atoms with E-state index < -0.39 is 12.0 Å². The molecule has 1 aliphatic rings. The van der Waals surface area contributed by atoms with Crippen LogP contribution in [0.4, 0.5) is 0 Å². The molecular formula is C16H17N3O5. The van der Waals surface area contributed by atoms with Gasteiger partial charge in [-0.15, -0.1) is 0 Å². The number of carboxylic acids is 1. The van der Waals surface area contributed by atoms with Crippen LogP contribution in [0.3, 0.4) is 0 Å². The summed E-state index contributed by atoms with van der Waals surface area (Å²) in [4.78, 5) is 29.2. The first-order valence-electron chi connectivity index (χ1n) is 7.50. The van der Waals surface area contributed by atoms with E-state index in [0.29, 0.717) is 12.2 Å². The van der Waals surface area contributed by atoms with Crippen LogP contribution in [0.2, 0.25) is 0 Å². The van der Waals surface area contributed by atoms with Gasteiger partial charge in [0.05, 0.1) is 0 Å². The number of fused-ring (bicyclic) bond motifs is 1. The second kappa shape index (κ2) is 6.79. The van der Waals surface area contributed by atoms with E-state index in [1.54, 1.807) is 6.92 Å². The standard InChI is InChI=1S/C16H17N3O5/c1-10-17-14(24-18-10)8-23-9-15(20)19-7-12-5-3-2-4-11(12)6-13(19)16(21)22/h2-5,13H,6-9H2,1H3,(H,21,22). The van der Waals surface area contributed by atoms with Crippen LogP contribution in [0.15, 0.2) is 28.8 Å². The number of amides is 1. The maximum atomic E-state index is 12.4. The molecule has 2 heterocycles. The van der Waals surface area contributed by atoms with Crippen molar-refractivity contribution in [2.75, 3.05) is 6.61 Å². The molecular weight excluding hydrogens is 314 g/mol. The number of ether oxygens (including phenoxy) is 1. The van der Waals surface area contributed by atoms with Crippen LogP contribution in [0.25, 0.3) is 0 Å². The van der Waals surface area contributed by atoms with Crippen molar-refractivity contribution in [2.45, 2.75) is 32.5 Å². The molecule has 1 unspecified atom stereocenters. The van der Waals surface area contributed by atoms with Crippen LogP contribution in [-0.2, 0) is 33.9 Å². The molecule has 24 heavy (non-hydrogen) atoms. The summed E-state index contributed by atoms with van der Waals surface area (Å²) in [5, 5.41) is 13.0.